The summed E-state index contributed by atoms with van der Waals surface area (Å²) in [6.07, 6.45) is -4.46. The van der Waals surface area contributed by atoms with E-state index in [1.54, 1.807) is 12.1 Å². The number of nitrogens with zero attached hydrogens (tertiary/aromatic N) is 1. The van der Waals surface area contributed by atoms with Gasteiger partial charge in [-0.15, -0.1) is 0 Å². The van der Waals surface area contributed by atoms with Crippen LogP contribution in [0, 0.1) is 0 Å². The predicted octanol–water partition coefficient (Wildman–Crippen LogP) is 3.58. The van der Waals surface area contributed by atoms with Gasteiger partial charge in [0.25, 0.3) is 5.91 Å². The number of nitrogens with one attached hydrogen (secondary N) is 1. The fraction of sp³-hybridized carbons (Fsp3) is 0.300. The van der Waals surface area contributed by atoms with E-state index in [0.717, 1.165) is 12.1 Å². The summed E-state index contributed by atoms with van der Waals surface area (Å²) in [6, 6.07) is 8.77. The maximum Gasteiger partial charge on any atom is 0.416 e. The van der Waals surface area contributed by atoms with Crippen LogP contribution in [0.25, 0.3) is 0 Å². The Labute approximate surface area is 165 Å². The largest absolute Gasteiger partial charge is 0.465 e. The molecule has 0 aliphatic carbocycles. The lowest BCUT2D eigenvalue weighted by atomic mass is 10.1. The minimum absolute atomic E-state index is 0.196. The molecular weight excluding hydrogens is 389 g/mol. The van der Waals surface area contributed by atoms with Crippen LogP contribution in [-0.2, 0) is 15.7 Å². The molecule has 1 saturated heterocycles. The first-order chi connectivity index (χ1) is 13.8. The van der Waals surface area contributed by atoms with Crippen LogP contribution in [0.3, 0.4) is 0 Å². The van der Waals surface area contributed by atoms with Gasteiger partial charge in [0.2, 0.25) is 0 Å². The Hall–Kier alpha value is -3.07. The second-order valence-electron chi connectivity index (χ2n) is 6.35. The number of amides is 1. The normalized spacial score (nSPS) is 14.4. The van der Waals surface area contributed by atoms with Gasteiger partial charge in [0.05, 0.1) is 37.0 Å². The average molecular weight is 408 g/mol. The highest BCUT2D eigenvalue weighted by molar-refractivity contribution is 6.09. The van der Waals surface area contributed by atoms with Crippen molar-refractivity contribution in [3.8, 4) is 0 Å². The molecule has 154 valence electrons. The third-order valence-corrected chi connectivity index (χ3v) is 4.48. The maximum atomic E-state index is 12.9. The summed E-state index contributed by atoms with van der Waals surface area (Å²) in [4.78, 5) is 26.7. The van der Waals surface area contributed by atoms with Gasteiger partial charge in [-0.2, -0.15) is 13.2 Å². The van der Waals surface area contributed by atoms with E-state index < -0.39 is 23.6 Å². The van der Waals surface area contributed by atoms with E-state index in [2.05, 4.69) is 5.32 Å². The molecule has 0 saturated carbocycles. The summed E-state index contributed by atoms with van der Waals surface area (Å²) in [5.41, 5.74) is 0.415. The zero-order chi connectivity index (χ0) is 21.0. The number of ether oxygens (including phenoxy) is 2. The molecule has 1 aliphatic rings. The number of halogens is 3. The van der Waals surface area contributed by atoms with Gasteiger partial charge in [-0.3, -0.25) is 4.79 Å². The predicted molar refractivity (Wildman–Crippen MR) is 100 cm³/mol. The number of carbonyl (C=O) groups is 2. The topological polar surface area (TPSA) is 67.9 Å². The third kappa shape index (κ3) is 4.86. The van der Waals surface area contributed by atoms with Crippen LogP contribution in [0.15, 0.2) is 42.5 Å². The molecule has 0 spiro atoms. The zero-order valence-corrected chi connectivity index (χ0v) is 15.6. The van der Waals surface area contributed by atoms with Crippen LogP contribution in [0.4, 0.5) is 24.5 Å². The number of carbonyl (C=O) groups excluding carboxylic acids is 2. The first kappa shape index (κ1) is 20.7. The Morgan fingerprint density at radius 2 is 1.72 bits per heavy atom. The van der Waals surface area contributed by atoms with Crippen LogP contribution >= 0.6 is 0 Å². The Kier molecular flexibility index (Phi) is 6.07. The molecule has 0 atom stereocenters. The summed E-state index contributed by atoms with van der Waals surface area (Å²) in [5, 5.41) is 2.58. The molecule has 2 aromatic rings. The van der Waals surface area contributed by atoms with Gasteiger partial charge < -0.3 is 19.7 Å². The van der Waals surface area contributed by atoms with Crippen LogP contribution in [0.1, 0.15) is 26.3 Å². The number of benzene rings is 2. The number of alkyl halides is 3. The number of rotatable bonds is 4. The van der Waals surface area contributed by atoms with Gasteiger partial charge in [0, 0.05) is 24.5 Å². The Morgan fingerprint density at radius 3 is 2.31 bits per heavy atom. The van der Waals surface area contributed by atoms with Crippen molar-refractivity contribution >= 4 is 23.3 Å². The van der Waals surface area contributed by atoms with Gasteiger partial charge in [-0.1, -0.05) is 0 Å². The van der Waals surface area contributed by atoms with E-state index in [4.69, 9.17) is 9.47 Å². The summed E-state index contributed by atoms with van der Waals surface area (Å²) in [5.74, 6) is -1.14. The minimum atomic E-state index is -4.46. The fourth-order valence-corrected chi connectivity index (χ4v) is 2.98. The summed E-state index contributed by atoms with van der Waals surface area (Å²) in [7, 11) is 1.24. The molecule has 1 heterocycles. The van der Waals surface area contributed by atoms with Crippen LogP contribution in [0.2, 0.25) is 0 Å². The standard InChI is InChI=1S/C20H19F3N2O4/c1-28-19(27)13-2-7-17(25-8-10-29-11-9-25)16(12-13)18(26)24-15-5-3-14(4-6-15)20(21,22)23/h2-7,12H,8-11H2,1H3,(H,24,26). The highest BCUT2D eigenvalue weighted by Crippen LogP contribution is 2.30. The van der Waals surface area contributed by atoms with Crippen molar-refractivity contribution in [1.29, 1.82) is 0 Å². The number of methoxy groups -OCH3 is 1. The molecule has 0 radical (unpaired) electrons. The van der Waals surface area contributed by atoms with Crippen molar-refractivity contribution in [3.05, 3.63) is 59.2 Å². The molecule has 1 amide bonds. The van der Waals surface area contributed by atoms with E-state index >= 15 is 0 Å². The van der Waals surface area contributed by atoms with Crippen LogP contribution in [0.5, 0.6) is 0 Å². The molecule has 0 aromatic heterocycles. The second kappa shape index (κ2) is 8.52. The van der Waals surface area contributed by atoms with Gasteiger partial charge in [-0.05, 0) is 42.5 Å². The fourth-order valence-electron chi connectivity index (χ4n) is 2.98. The lowest BCUT2D eigenvalue weighted by Crippen LogP contribution is -2.37. The van der Waals surface area contributed by atoms with E-state index in [-0.39, 0.29) is 16.8 Å². The molecule has 1 aliphatic heterocycles. The van der Waals surface area contributed by atoms with Crippen molar-refractivity contribution in [1.82, 2.24) is 0 Å². The van der Waals surface area contributed by atoms with Crippen molar-refractivity contribution in [2.75, 3.05) is 43.6 Å². The van der Waals surface area contributed by atoms with Crippen molar-refractivity contribution in [2.24, 2.45) is 0 Å². The number of hydrogen-bond acceptors (Lipinski definition) is 5. The summed E-state index contributed by atoms with van der Waals surface area (Å²) in [6.45, 7) is 2.13. The van der Waals surface area contributed by atoms with Crippen molar-refractivity contribution in [3.63, 3.8) is 0 Å². The van der Waals surface area contributed by atoms with Crippen LogP contribution in [-0.4, -0.2) is 45.3 Å². The maximum absolute atomic E-state index is 12.9. The number of morpholine rings is 1. The molecule has 6 nitrogen and oxygen atoms in total. The van der Waals surface area contributed by atoms with Crippen molar-refractivity contribution < 1.29 is 32.2 Å². The first-order valence-electron chi connectivity index (χ1n) is 8.83. The molecule has 2 aromatic carbocycles. The molecule has 0 unspecified atom stereocenters. The Bertz CT molecular complexity index is 892. The molecule has 1 N–H and O–H groups in total. The molecule has 3 rings (SSSR count). The van der Waals surface area contributed by atoms with Gasteiger partial charge in [0.1, 0.15) is 0 Å². The van der Waals surface area contributed by atoms with Crippen molar-refractivity contribution in [2.45, 2.75) is 6.18 Å². The van der Waals surface area contributed by atoms with E-state index in [9.17, 15) is 22.8 Å². The highest BCUT2D eigenvalue weighted by Gasteiger charge is 2.30. The number of anilines is 2. The summed E-state index contributed by atoms with van der Waals surface area (Å²) >= 11 is 0. The monoisotopic (exact) mass is 408 g/mol. The minimum Gasteiger partial charge on any atom is -0.465 e. The smallest absolute Gasteiger partial charge is 0.416 e. The second-order valence-corrected chi connectivity index (χ2v) is 6.35. The van der Waals surface area contributed by atoms with Gasteiger partial charge in [0.15, 0.2) is 0 Å². The lowest BCUT2D eigenvalue weighted by molar-refractivity contribution is -0.137. The molecule has 0 bridgehead atoms. The van der Waals surface area contributed by atoms with Gasteiger partial charge in [-0.25, -0.2) is 4.79 Å². The quantitative estimate of drug-likeness (QED) is 0.784. The molecular formula is C20H19F3N2O4. The van der Waals surface area contributed by atoms with E-state index in [0.29, 0.717) is 32.0 Å². The Balaban J connectivity index is 1.89. The van der Waals surface area contributed by atoms with E-state index in [1.165, 1.54) is 25.3 Å². The number of esters is 1. The first-order valence-corrected chi connectivity index (χ1v) is 8.83. The molecule has 29 heavy (non-hydrogen) atoms. The average Bonchev–Trinajstić information content (AvgIpc) is 2.73. The molecule has 9 heteroatoms. The zero-order valence-electron chi connectivity index (χ0n) is 15.6. The number of hydrogen-bond donors (Lipinski definition) is 1. The van der Waals surface area contributed by atoms with Crippen LogP contribution < -0.4 is 10.2 Å². The Morgan fingerprint density at radius 1 is 1.07 bits per heavy atom. The van der Waals surface area contributed by atoms with E-state index in [1.807, 2.05) is 4.90 Å². The molecule has 1 fully saturated rings. The highest BCUT2D eigenvalue weighted by atomic mass is 19.4. The van der Waals surface area contributed by atoms with Gasteiger partial charge >= 0.3 is 12.1 Å². The summed E-state index contributed by atoms with van der Waals surface area (Å²) < 4.78 is 48.2. The lowest BCUT2D eigenvalue weighted by Gasteiger charge is -2.30. The third-order valence-electron chi connectivity index (χ3n) is 4.48. The SMILES string of the molecule is COC(=O)c1ccc(N2CCOCC2)c(C(=O)Nc2ccc(C(F)(F)F)cc2)c1.